The molecule has 9 heteroatoms. The van der Waals surface area contributed by atoms with E-state index in [0.29, 0.717) is 29.9 Å². The third-order valence-electron chi connectivity index (χ3n) is 4.20. The van der Waals surface area contributed by atoms with Gasteiger partial charge in [0.25, 0.3) is 0 Å². The summed E-state index contributed by atoms with van der Waals surface area (Å²) in [6, 6.07) is 14.2. The Kier molecular flexibility index (Phi) is 9.44. The Labute approximate surface area is 196 Å². The number of nitrogens with one attached hydrogen (secondary N) is 2. The standard InChI is InChI=1S/C22H22F2N4O2.HI/c1-25-22(28-14-16-10-17(23)7-8-20(16)24)27-13-15-6-9-21(26-12-15)30-19-5-3-4-18(11-19)29-2;/h3-12H,13-14H2,1-2H3,(H2,25,27,28);1H. The van der Waals surface area contributed by atoms with E-state index in [0.717, 1.165) is 23.8 Å². The van der Waals surface area contributed by atoms with Gasteiger partial charge >= 0.3 is 0 Å². The topological polar surface area (TPSA) is 67.8 Å². The van der Waals surface area contributed by atoms with Crippen LogP contribution in [0.4, 0.5) is 8.78 Å². The lowest BCUT2D eigenvalue weighted by molar-refractivity contribution is 0.407. The highest BCUT2D eigenvalue weighted by molar-refractivity contribution is 14.0. The molecule has 0 amide bonds. The second-order valence-electron chi connectivity index (χ2n) is 6.30. The third kappa shape index (κ3) is 7.35. The summed E-state index contributed by atoms with van der Waals surface area (Å²) in [4.78, 5) is 8.37. The lowest BCUT2D eigenvalue weighted by atomic mass is 10.2. The first kappa shape index (κ1) is 24.3. The normalized spacial score (nSPS) is 10.8. The van der Waals surface area contributed by atoms with E-state index in [2.05, 4.69) is 20.6 Å². The van der Waals surface area contributed by atoms with Crippen LogP contribution in [0, 0.1) is 11.6 Å². The maximum atomic E-state index is 13.7. The molecule has 0 unspecified atom stereocenters. The van der Waals surface area contributed by atoms with Gasteiger partial charge in [0.1, 0.15) is 23.1 Å². The molecule has 6 nitrogen and oxygen atoms in total. The van der Waals surface area contributed by atoms with E-state index in [1.165, 1.54) is 0 Å². The Morgan fingerprint density at radius 1 is 1.00 bits per heavy atom. The van der Waals surface area contributed by atoms with E-state index in [4.69, 9.17) is 9.47 Å². The zero-order chi connectivity index (χ0) is 21.3. The number of aliphatic imine (C=N–C) groups is 1. The van der Waals surface area contributed by atoms with Crippen LogP contribution in [-0.4, -0.2) is 25.1 Å². The highest BCUT2D eigenvalue weighted by Crippen LogP contribution is 2.23. The molecule has 0 aliphatic carbocycles. The summed E-state index contributed by atoms with van der Waals surface area (Å²) in [7, 11) is 3.19. The molecule has 3 rings (SSSR count). The molecule has 1 heterocycles. The van der Waals surface area contributed by atoms with Crippen molar-refractivity contribution in [1.29, 1.82) is 0 Å². The number of aromatic nitrogens is 1. The zero-order valence-corrected chi connectivity index (χ0v) is 19.4. The van der Waals surface area contributed by atoms with Crippen molar-refractivity contribution in [1.82, 2.24) is 15.6 Å². The molecule has 0 saturated carbocycles. The van der Waals surface area contributed by atoms with Crippen LogP contribution in [0.25, 0.3) is 0 Å². The Hall–Kier alpha value is -2.95. The second kappa shape index (κ2) is 12.0. The fourth-order valence-corrected chi connectivity index (χ4v) is 2.63. The second-order valence-corrected chi connectivity index (χ2v) is 6.30. The number of hydrogen-bond acceptors (Lipinski definition) is 4. The number of ether oxygens (including phenoxy) is 2. The van der Waals surface area contributed by atoms with Crippen LogP contribution in [0.15, 0.2) is 65.8 Å². The minimum Gasteiger partial charge on any atom is -0.497 e. The van der Waals surface area contributed by atoms with Crippen LogP contribution < -0.4 is 20.1 Å². The Morgan fingerprint density at radius 2 is 1.77 bits per heavy atom. The fraction of sp³-hybridized carbons (Fsp3) is 0.182. The van der Waals surface area contributed by atoms with Gasteiger partial charge in [-0.3, -0.25) is 4.99 Å². The van der Waals surface area contributed by atoms with Crippen LogP contribution in [0.2, 0.25) is 0 Å². The van der Waals surface area contributed by atoms with Gasteiger partial charge < -0.3 is 20.1 Å². The summed E-state index contributed by atoms with van der Waals surface area (Å²) in [5.41, 5.74) is 1.12. The number of halogens is 3. The number of hydrogen-bond donors (Lipinski definition) is 2. The van der Waals surface area contributed by atoms with Gasteiger partial charge in [-0.2, -0.15) is 0 Å². The SMILES string of the molecule is CN=C(NCc1ccc(Oc2cccc(OC)c2)nc1)NCc1cc(F)ccc1F.I. The number of pyridine rings is 1. The van der Waals surface area contributed by atoms with Crippen LogP contribution in [0.5, 0.6) is 17.4 Å². The number of methoxy groups -OCH3 is 1. The molecule has 31 heavy (non-hydrogen) atoms. The van der Waals surface area contributed by atoms with Gasteiger partial charge in [-0.1, -0.05) is 12.1 Å². The molecule has 0 radical (unpaired) electrons. The van der Waals surface area contributed by atoms with Gasteiger partial charge in [0.2, 0.25) is 5.88 Å². The highest BCUT2D eigenvalue weighted by Gasteiger charge is 2.06. The first-order valence-electron chi connectivity index (χ1n) is 9.22. The van der Waals surface area contributed by atoms with Crippen LogP contribution >= 0.6 is 24.0 Å². The van der Waals surface area contributed by atoms with Crippen molar-refractivity contribution in [3.63, 3.8) is 0 Å². The van der Waals surface area contributed by atoms with Gasteiger partial charge in [0, 0.05) is 44.0 Å². The lowest BCUT2D eigenvalue weighted by Gasteiger charge is -2.13. The third-order valence-corrected chi connectivity index (χ3v) is 4.20. The molecule has 3 aromatic rings. The molecule has 0 saturated heterocycles. The summed E-state index contributed by atoms with van der Waals surface area (Å²) in [5.74, 6) is 1.27. The van der Waals surface area contributed by atoms with Crippen molar-refractivity contribution in [2.24, 2.45) is 4.99 Å². The first-order valence-corrected chi connectivity index (χ1v) is 9.22. The van der Waals surface area contributed by atoms with E-state index in [-0.39, 0.29) is 36.1 Å². The molecule has 0 aliphatic rings. The number of rotatable bonds is 7. The maximum Gasteiger partial charge on any atom is 0.219 e. The predicted molar refractivity (Wildman–Crippen MR) is 126 cm³/mol. The lowest BCUT2D eigenvalue weighted by Crippen LogP contribution is -2.36. The summed E-state index contributed by atoms with van der Waals surface area (Å²) < 4.78 is 37.9. The van der Waals surface area contributed by atoms with Crippen molar-refractivity contribution < 1.29 is 18.3 Å². The van der Waals surface area contributed by atoms with E-state index >= 15 is 0 Å². The summed E-state index contributed by atoms with van der Waals surface area (Å²) in [6.45, 7) is 0.548. The van der Waals surface area contributed by atoms with Crippen LogP contribution in [-0.2, 0) is 13.1 Å². The van der Waals surface area contributed by atoms with E-state index in [1.54, 1.807) is 32.5 Å². The van der Waals surface area contributed by atoms with E-state index in [9.17, 15) is 8.78 Å². The van der Waals surface area contributed by atoms with Crippen LogP contribution in [0.1, 0.15) is 11.1 Å². The average Bonchev–Trinajstić information content (AvgIpc) is 2.77. The van der Waals surface area contributed by atoms with Gasteiger partial charge in [-0.05, 0) is 35.9 Å². The van der Waals surface area contributed by atoms with Gasteiger partial charge in [0.05, 0.1) is 7.11 Å². The molecule has 2 N–H and O–H groups in total. The molecular formula is C22H23F2IN4O2. The van der Waals surface area contributed by atoms with Crippen molar-refractivity contribution in [2.45, 2.75) is 13.1 Å². The van der Waals surface area contributed by atoms with Crippen molar-refractivity contribution >= 4 is 29.9 Å². The highest BCUT2D eigenvalue weighted by atomic mass is 127. The maximum absolute atomic E-state index is 13.7. The molecule has 0 fully saturated rings. The quantitative estimate of drug-likeness (QED) is 0.260. The number of benzene rings is 2. The Balaban J connectivity index is 0.00000341. The molecule has 0 bridgehead atoms. The smallest absolute Gasteiger partial charge is 0.219 e. The van der Waals surface area contributed by atoms with Crippen molar-refractivity contribution in [2.75, 3.05) is 14.2 Å². The van der Waals surface area contributed by atoms with Crippen LogP contribution in [0.3, 0.4) is 0 Å². The number of guanidine groups is 1. The average molecular weight is 540 g/mol. The molecule has 0 atom stereocenters. The first-order chi connectivity index (χ1) is 14.6. The monoisotopic (exact) mass is 540 g/mol. The summed E-state index contributed by atoms with van der Waals surface area (Å²) in [5, 5.41) is 6.05. The fourth-order valence-electron chi connectivity index (χ4n) is 2.63. The molecule has 0 spiro atoms. The molecule has 0 aliphatic heterocycles. The number of nitrogens with zero attached hydrogens (tertiary/aromatic N) is 2. The van der Waals surface area contributed by atoms with E-state index < -0.39 is 11.6 Å². The molecular weight excluding hydrogens is 517 g/mol. The molecule has 2 aromatic carbocycles. The van der Waals surface area contributed by atoms with Crippen molar-refractivity contribution in [3.05, 3.63) is 83.6 Å². The molecule has 164 valence electrons. The summed E-state index contributed by atoms with van der Waals surface area (Å²) >= 11 is 0. The zero-order valence-electron chi connectivity index (χ0n) is 17.1. The van der Waals surface area contributed by atoms with Crippen molar-refractivity contribution in [3.8, 4) is 17.4 Å². The van der Waals surface area contributed by atoms with Gasteiger partial charge in [-0.15, -0.1) is 24.0 Å². The minimum atomic E-state index is -0.488. The van der Waals surface area contributed by atoms with Gasteiger partial charge in [0.15, 0.2) is 5.96 Å². The Morgan fingerprint density at radius 3 is 2.48 bits per heavy atom. The summed E-state index contributed by atoms with van der Waals surface area (Å²) in [6.07, 6.45) is 1.68. The van der Waals surface area contributed by atoms with Gasteiger partial charge in [-0.25, -0.2) is 13.8 Å². The predicted octanol–water partition coefficient (Wildman–Crippen LogP) is 4.64. The minimum absolute atomic E-state index is 0. The largest absolute Gasteiger partial charge is 0.497 e. The Bertz CT molecular complexity index is 1020. The molecule has 1 aromatic heterocycles. The van der Waals surface area contributed by atoms with E-state index in [1.807, 2.05) is 24.3 Å².